The summed E-state index contributed by atoms with van der Waals surface area (Å²) in [4.78, 5) is 25.8. The Kier molecular flexibility index (Phi) is 7.24. The predicted octanol–water partition coefficient (Wildman–Crippen LogP) is 7.46. The maximum absolute atomic E-state index is 14.2. The van der Waals surface area contributed by atoms with E-state index in [0.717, 1.165) is 12.1 Å². The lowest BCUT2D eigenvalue weighted by molar-refractivity contribution is -0.117. The highest BCUT2D eigenvalue weighted by molar-refractivity contribution is 6.53. The van der Waals surface area contributed by atoms with Gasteiger partial charge >= 0.3 is 0 Å². The van der Waals surface area contributed by atoms with Crippen molar-refractivity contribution >= 4 is 81.1 Å². The van der Waals surface area contributed by atoms with Gasteiger partial charge in [-0.2, -0.15) is 0 Å². The second-order valence-electron chi connectivity index (χ2n) is 8.05. The minimum Gasteiger partial charge on any atom is -0.394 e. The molecule has 2 atom stereocenters. The van der Waals surface area contributed by atoms with Crippen molar-refractivity contribution in [2.45, 2.75) is 16.7 Å². The lowest BCUT2D eigenvalue weighted by Gasteiger charge is -2.10. The van der Waals surface area contributed by atoms with Crippen LogP contribution in [-0.2, 0) is 11.2 Å². The third-order valence-electron chi connectivity index (χ3n) is 5.67. The Bertz CT molecular complexity index is 1350. The SMILES string of the molecule is Nc1c(F)ccc(CC(=O)c2cc(NC(=O)C3C(c4cc(Cl)cc(Cl)c4)C3(Cl)Cl)ccc2Cl)c1F. The first-order valence-electron chi connectivity index (χ1n) is 10.1. The van der Waals surface area contributed by atoms with Crippen LogP contribution in [0.3, 0.4) is 0 Å². The lowest BCUT2D eigenvalue weighted by atomic mass is 10.0. The van der Waals surface area contributed by atoms with E-state index in [1.165, 1.54) is 18.2 Å². The summed E-state index contributed by atoms with van der Waals surface area (Å²) in [5.41, 5.74) is 5.49. The van der Waals surface area contributed by atoms with Crippen molar-refractivity contribution in [2.24, 2.45) is 5.92 Å². The zero-order chi connectivity index (χ0) is 25.7. The highest BCUT2D eigenvalue weighted by Crippen LogP contribution is 2.65. The molecule has 35 heavy (non-hydrogen) atoms. The Hall–Kier alpha value is -2.09. The molecule has 11 heteroatoms. The molecule has 182 valence electrons. The van der Waals surface area contributed by atoms with Crippen LogP contribution in [0.5, 0.6) is 0 Å². The summed E-state index contributed by atoms with van der Waals surface area (Å²) in [5.74, 6) is -4.35. The van der Waals surface area contributed by atoms with E-state index in [1.807, 2.05) is 0 Å². The van der Waals surface area contributed by atoms with Crippen molar-refractivity contribution in [2.75, 3.05) is 11.1 Å². The molecular weight excluding hydrogens is 564 g/mol. The fourth-order valence-electron chi connectivity index (χ4n) is 3.88. The van der Waals surface area contributed by atoms with Crippen molar-refractivity contribution in [3.63, 3.8) is 0 Å². The molecule has 0 heterocycles. The number of halogens is 7. The number of hydrogen-bond acceptors (Lipinski definition) is 3. The summed E-state index contributed by atoms with van der Waals surface area (Å²) in [6.45, 7) is 0. The van der Waals surface area contributed by atoms with E-state index in [9.17, 15) is 18.4 Å². The molecule has 3 aromatic carbocycles. The number of alkyl halides is 2. The van der Waals surface area contributed by atoms with Gasteiger partial charge in [-0.3, -0.25) is 9.59 Å². The van der Waals surface area contributed by atoms with Crippen molar-refractivity contribution < 1.29 is 18.4 Å². The van der Waals surface area contributed by atoms with Crippen LogP contribution in [0.4, 0.5) is 20.2 Å². The van der Waals surface area contributed by atoms with Gasteiger partial charge in [-0.1, -0.05) is 40.9 Å². The molecule has 0 bridgehead atoms. The Morgan fingerprint density at radius 1 is 0.971 bits per heavy atom. The third-order valence-corrected chi connectivity index (χ3v) is 7.38. The molecule has 2 unspecified atom stereocenters. The van der Waals surface area contributed by atoms with Crippen LogP contribution in [0, 0.1) is 17.6 Å². The Morgan fingerprint density at radius 3 is 2.29 bits per heavy atom. The molecule has 4 rings (SSSR count). The van der Waals surface area contributed by atoms with Crippen molar-refractivity contribution in [1.29, 1.82) is 0 Å². The molecule has 0 saturated heterocycles. The summed E-state index contributed by atoms with van der Waals surface area (Å²) < 4.78 is 26.3. The second kappa shape index (κ2) is 9.75. The van der Waals surface area contributed by atoms with Crippen LogP contribution in [0.25, 0.3) is 0 Å². The Morgan fingerprint density at radius 2 is 1.63 bits per heavy atom. The van der Waals surface area contributed by atoms with Gasteiger partial charge in [0.2, 0.25) is 5.91 Å². The minimum absolute atomic E-state index is 0.0312. The Balaban J connectivity index is 1.52. The fraction of sp³-hybridized carbons (Fsp3) is 0.167. The minimum atomic E-state index is -1.39. The van der Waals surface area contributed by atoms with Crippen LogP contribution in [-0.4, -0.2) is 16.0 Å². The van der Waals surface area contributed by atoms with E-state index in [4.69, 9.17) is 63.7 Å². The van der Waals surface area contributed by atoms with Crippen LogP contribution < -0.4 is 11.1 Å². The van der Waals surface area contributed by atoms with E-state index in [2.05, 4.69) is 5.32 Å². The molecule has 1 aliphatic carbocycles. The Labute approximate surface area is 224 Å². The van der Waals surface area contributed by atoms with Gasteiger partial charge in [0, 0.05) is 33.6 Å². The first-order valence-corrected chi connectivity index (χ1v) is 12.0. The maximum Gasteiger partial charge on any atom is 0.231 e. The summed E-state index contributed by atoms with van der Waals surface area (Å²) in [6.07, 6.45) is -0.417. The van der Waals surface area contributed by atoms with Gasteiger partial charge in [0.15, 0.2) is 11.6 Å². The highest BCUT2D eigenvalue weighted by atomic mass is 35.5. The van der Waals surface area contributed by atoms with Crippen molar-refractivity contribution in [3.8, 4) is 0 Å². The molecule has 3 aromatic rings. The summed E-state index contributed by atoms with van der Waals surface area (Å²) in [7, 11) is 0. The summed E-state index contributed by atoms with van der Waals surface area (Å²) >= 11 is 31.0. The number of carbonyl (C=O) groups excluding carboxylic acids is 2. The van der Waals surface area contributed by atoms with Crippen LogP contribution in [0.1, 0.15) is 27.4 Å². The number of ketones is 1. The lowest BCUT2D eigenvalue weighted by Crippen LogP contribution is -2.17. The molecule has 0 aromatic heterocycles. The summed E-state index contributed by atoms with van der Waals surface area (Å²) in [6, 6.07) is 11.2. The maximum atomic E-state index is 14.2. The van der Waals surface area contributed by atoms with Gasteiger partial charge in [-0.15, -0.1) is 23.2 Å². The molecule has 1 amide bonds. The highest BCUT2D eigenvalue weighted by Gasteiger charge is 2.67. The normalized spacial score (nSPS) is 18.3. The number of nitrogens with two attached hydrogens (primary N) is 1. The van der Waals surface area contributed by atoms with E-state index in [1.54, 1.807) is 18.2 Å². The number of nitrogens with one attached hydrogen (secondary N) is 1. The number of nitrogen functional groups attached to an aromatic ring is 1. The third kappa shape index (κ3) is 5.23. The van der Waals surface area contributed by atoms with Crippen LogP contribution >= 0.6 is 58.0 Å². The second-order valence-corrected chi connectivity index (χ2v) is 10.8. The molecule has 0 spiro atoms. The monoisotopic (exact) mass is 576 g/mol. The average Bonchev–Trinajstić information content (AvgIpc) is 3.36. The van der Waals surface area contributed by atoms with Gasteiger partial charge < -0.3 is 11.1 Å². The van der Waals surface area contributed by atoms with Gasteiger partial charge in [0.1, 0.15) is 15.8 Å². The average molecular weight is 579 g/mol. The quantitative estimate of drug-likeness (QED) is 0.181. The predicted molar refractivity (Wildman–Crippen MR) is 136 cm³/mol. The molecule has 4 nitrogen and oxygen atoms in total. The first kappa shape index (κ1) is 26.0. The topological polar surface area (TPSA) is 72.2 Å². The standard InChI is InChI=1S/C24H15Cl5F2N2O2/c25-12-5-11(6-13(26)8-12)19-20(24(19,28)29)23(35)33-14-2-3-16(27)15(9-14)18(34)7-10-1-4-17(30)22(32)21(10)31/h1-6,8-9,19-20H,7,32H2,(H,33,35). The summed E-state index contributed by atoms with van der Waals surface area (Å²) in [5, 5.41) is 3.52. The molecule has 1 aliphatic rings. The molecule has 1 saturated carbocycles. The van der Waals surface area contributed by atoms with E-state index in [0.29, 0.717) is 15.6 Å². The van der Waals surface area contributed by atoms with Gasteiger partial charge in [-0.05, 0) is 53.6 Å². The van der Waals surface area contributed by atoms with Crippen molar-refractivity contribution in [3.05, 3.63) is 91.9 Å². The molecule has 0 radical (unpaired) electrons. The smallest absolute Gasteiger partial charge is 0.231 e. The molecular formula is C24H15Cl5F2N2O2. The number of carbonyl (C=O) groups is 2. The zero-order valence-corrected chi connectivity index (χ0v) is 21.3. The van der Waals surface area contributed by atoms with Gasteiger partial charge in [0.25, 0.3) is 0 Å². The first-order chi connectivity index (χ1) is 16.4. The molecule has 1 fully saturated rings. The molecule has 0 aliphatic heterocycles. The molecule has 3 N–H and O–H groups in total. The van der Waals surface area contributed by atoms with E-state index >= 15 is 0 Å². The number of rotatable bonds is 6. The number of amides is 1. The zero-order valence-electron chi connectivity index (χ0n) is 17.5. The van der Waals surface area contributed by atoms with Gasteiger partial charge in [0.05, 0.1) is 10.9 Å². The van der Waals surface area contributed by atoms with E-state index in [-0.39, 0.29) is 21.8 Å². The van der Waals surface area contributed by atoms with E-state index < -0.39 is 51.6 Å². The van der Waals surface area contributed by atoms with Crippen LogP contribution in [0.2, 0.25) is 15.1 Å². The number of anilines is 2. The number of hydrogen-bond donors (Lipinski definition) is 2. The number of benzene rings is 3. The van der Waals surface area contributed by atoms with Gasteiger partial charge in [-0.25, -0.2) is 8.78 Å². The fourth-order valence-corrected chi connectivity index (χ4v) is 5.47. The number of Topliss-reactive ketones (excluding diaryl/α,β-unsaturated/α-hetero) is 1. The van der Waals surface area contributed by atoms with Crippen molar-refractivity contribution in [1.82, 2.24) is 0 Å². The van der Waals surface area contributed by atoms with Crippen LogP contribution in [0.15, 0.2) is 48.5 Å². The largest absolute Gasteiger partial charge is 0.394 e.